The second-order valence-electron chi connectivity index (χ2n) is 4.91. The maximum absolute atomic E-state index is 11.9. The van der Waals surface area contributed by atoms with Crippen LogP contribution in [0.5, 0.6) is 0 Å². The van der Waals surface area contributed by atoms with Crippen molar-refractivity contribution in [2.24, 2.45) is 5.92 Å². The van der Waals surface area contributed by atoms with Gasteiger partial charge < -0.3 is 0 Å². The predicted molar refractivity (Wildman–Crippen MR) is 69.8 cm³/mol. The molecule has 0 saturated carbocycles. The van der Waals surface area contributed by atoms with Gasteiger partial charge in [-0.1, -0.05) is 18.2 Å². The maximum Gasteiger partial charge on any atom is 0.243 e. The molecule has 0 aromatic carbocycles. The monoisotopic (exact) mass is 248 g/mol. The van der Waals surface area contributed by atoms with Gasteiger partial charge in [0.05, 0.1) is 6.04 Å². The van der Waals surface area contributed by atoms with Crippen LogP contribution in [0.2, 0.25) is 0 Å². The minimum absolute atomic E-state index is 0.153. The standard InChI is InChI=1S/C14H20N2O2/c1-3-5-10-8-9-16(11(10)4-2)12-6-7-13(17)15-14(12)18/h3-5,10-12H,2,6-9H2,1H3,(H,15,17,18)/b5-3-. The van der Waals surface area contributed by atoms with E-state index in [-0.39, 0.29) is 23.9 Å². The molecular weight excluding hydrogens is 228 g/mol. The zero-order valence-electron chi connectivity index (χ0n) is 10.8. The summed E-state index contributed by atoms with van der Waals surface area (Å²) in [7, 11) is 0. The van der Waals surface area contributed by atoms with E-state index in [1.807, 2.05) is 13.0 Å². The molecule has 2 heterocycles. The average Bonchev–Trinajstić information content (AvgIpc) is 2.72. The summed E-state index contributed by atoms with van der Waals surface area (Å²) in [6, 6.07) is 0.0195. The third-order valence-electron chi connectivity index (χ3n) is 3.83. The lowest BCUT2D eigenvalue weighted by molar-refractivity contribution is -0.137. The minimum atomic E-state index is -0.180. The van der Waals surface area contributed by atoms with Crippen molar-refractivity contribution in [3.63, 3.8) is 0 Å². The lowest BCUT2D eigenvalue weighted by Gasteiger charge is -2.33. The molecule has 4 heteroatoms. The number of rotatable bonds is 3. The Morgan fingerprint density at radius 2 is 2.17 bits per heavy atom. The highest BCUT2D eigenvalue weighted by atomic mass is 16.2. The van der Waals surface area contributed by atoms with Crippen molar-refractivity contribution < 1.29 is 9.59 Å². The Hall–Kier alpha value is -1.42. The minimum Gasteiger partial charge on any atom is -0.295 e. The van der Waals surface area contributed by atoms with E-state index in [0.29, 0.717) is 18.8 Å². The fourth-order valence-electron chi connectivity index (χ4n) is 2.99. The van der Waals surface area contributed by atoms with Crippen molar-refractivity contribution in [1.29, 1.82) is 0 Å². The zero-order chi connectivity index (χ0) is 13.1. The van der Waals surface area contributed by atoms with Crippen molar-refractivity contribution in [1.82, 2.24) is 10.2 Å². The van der Waals surface area contributed by atoms with Gasteiger partial charge in [0, 0.05) is 19.0 Å². The first-order valence-electron chi connectivity index (χ1n) is 6.52. The highest BCUT2D eigenvalue weighted by Crippen LogP contribution is 2.30. The van der Waals surface area contributed by atoms with Crippen LogP contribution < -0.4 is 5.32 Å². The molecular formula is C14H20N2O2. The number of amides is 2. The number of hydrogen-bond donors (Lipinski definition) is 1. The molecule has 3 atom stereocenters. The number of nitrogens with zero attached hydrogens (tertiary/aromatic N) is 1. The van der Waals surface area contributed by atoms with Crippen molar-refractivity contribution >= 4 is 11.8 Å². The summed E-state index contributed by atoms with van der Waals surface area (Å²) in [4.78, 5) is 25.2. The molecule has 0 aromatic rings. The molecule has 2 saturated heterocycles. The molecule has 18 heavy (non-hydrogen) atoms. The average molecular weight is 248 g/mol. The van der Waals surface area contributed by atoms with Crippen molar-refractivity contribution in [3.8, 4) is 0 Å². The number of carbonyl (C=O) groups is 2. The predicted octanol–water partition coefficient (Wildman–Crippen LogP) is 1.24. The van der Waals surface area contributed by atoms with E-state index in [0.717, 1.165) is 13.0 Å². The van der Waals surface area contributed by atoms with E-state index in [4.69, 9.17) is 0 Å². The van der Waals surface area contributed by atoms with Crippen LogP contribution in [0.25, 0.3) is 0 Å². The normalized spacial score (nSPS) is 33.9. The van der Waals surface area contributed by atoms with Gasteiger partial charge in [0.1, 0.15) is 0 Å². The van der Waals surface area contributed by atoms with Crippen molar-refractivity contribution in [2.75, 3.05) is 6.54 Å². The smallest absolute Gasteiger partial charge is 0.243 e. The van der Waals surface area contributed by atoms with Crippen LogP contribution in [0.1, 0.15) is 26.2 Å². The number of nitrogens with one attached hydrogen (secondary N) is 1. The van der Waals surface area contributed by atoms with Crippen LogP contribution in [0, 0.1) is 5.92 Å². The first-order chi connectivity index (χ1) is 8.67. The van der Waals surface area contributed by atoms with Crippen molar-refractivity contribution in [2.45, 2.75) is 38.3 Å². The van der Waals surface area contributed by atoms with Crippen LogP contribution in [0.3, 0.4) is 0 Å². The van der Waals surface area contributed by atoms with Crippen LogP contribution >= 0.6 is 0 Å². The summed E-state index contributed by atoms with van der Waals surface area (Å²) in [6.07, 6.45) is 8.25. The topological polar surface area (TPSA) is 49.4 Å². The van der Waals surface area contributed by atoms with Gasteiger partial charge >= 0.3 is 0 Å². The van der Waals surface area contributed by atoms with E-state index in [1.165, 1.54) is 0 Å². The fourth-order valence-corrected chi connectivity index (χ4v) is 2.99. The molecule has 0 aromatic heterocycles. The Kier molecular flexibility index (Phi) is 3.97. The van der Waals surface area contributed by atoms with E-state index in [9.17, 15) is 9.59 Å². The second kappa shape index (κ2) is 5.48. The summed E-state index contributed by atoms with van der Waals surface area (Å²) >= 11 is 0. The maximum atomic E-state index is 11.9. The number of piperidine rings is 1. The molecule has 0 spiro atoms. The molecule has 4 nitrogen and oxygen atoms in total. The van der Waals surface area contributed by atoms with Crippen LogP contribution in [0.4, 0.5) is 0 Å². The molecule has 0 bridgehead atoms. The Bertz CT molecular complexity index is 389. The molecule has 3 unspecified atom stereocenters. The molecule has 1 N–H and O–H groups in total. The fraction of sp³-hybridized carbons (Fsp3) is 0.571. The first kappa shape index (κ1) is 13.0. The zero-order valence-corrected chi connectivity index (χ0v) is 10.8. The number of allylic oxidation sites excluding steroid dienone is 1. The quantitative estimate of drug-likeness (QED) is 0.604. The summed E-state index contributed by atoms with van der Waals surface area (Å²) in [6.45, 7) is 6.78. The van der Waals surface area contributed by atoms with Gasteiger partial charge in [-0.25, -0.2) is 0 Å². The van der Waals surface area contributed by atoms with E-state index < -0.39 is 0 Å². The van der Waals surface area contributed by atoms with E-state index in [2.05, 4.69) is 28.9 Å². The molecule has 2 aliphatic rings. The molecule has 2 aliphatic heterocycles. The second-order valence-corrected chi connectivity index (χ2v) is 4.91. The number of carbonyl (C=O) groups excluding carboxylic acids is 2. The molecule has 0 aliphatic carbocycles. The highest BCUT2D eigenvalue weighted by molar-refractivity contribution is 6.00. The number of likely N-dealkylation sites (tertiary alicyclic amines) is 1. The third kappa shape index (κ3) is 2.38. The molecule has 2 fully saturated rings. The molecule has 2 rings (SSSR count). The Balaban J connectivity index is 2.11. The van der Waals surface area contributed by atoms with Gasteiger partial charge in [0.2, 0.25) is 11.8 Å². The summed E-state index contributed by atoms with van der Waals surface area (Å²) < 4.78 is 0. The Morgan fingerprint density at radius 1 is 1.39 bits per heavy atom. The number of imide groups is 1. The largest absolute Gasteiger partial charge is 0.295 e. The van der Waals surface area contributed by atoms with Gasteiger partial charge in [-0.15, -0.1) is 6.58 Å². The molecule has 0 radical (unpaired) electrons. The summed E-state index contributed by atoms with van der Waals surface area (Å²) in [5.41, 5.74) is 0. The van der Waals surface area contributed by atoms with Crippen molar-refractivity contribution in [3.05, 3.63) is 24.8 Å². The summed E-state index contributed by atoms with van der Waals surface area (Å²) in [5.74, 6) is 0.118. The lowest BCUT2D eigenvalue weighted by Crippen LogP contribution is -2.53. The number of hydrogen-bond acceptors (Lipinski definition) is 3. The van der Waals surface area contributed by atoms with Gasteiger partial charge in [-0.05, 0) is 25.7 Å². The van der Waals surface area contributed by atoms with Gasteiger partial charge in [0.25, 0.3) is 0 Å². The van der Waals surface area contributed by atoms with E-state index >= 15 is 0 Å². The first-order valence-corrected chi connectivity index (χ1v) is 6.52. The molecule has 2 amide bonds. The van der Waals surface area contributed by atoms with Gasteiger partial charge in [-0.2, -0.15) is 0 Å². The van der Waals surface area contributed by atoms with E-state index in [1.54, 1.807) is 0 Å². The summed E-state index contributed by atoms with van der Waals surface area (Å²) in [5, 5.41) is 2.43. The third-order valence-corrected chi connectivity index (χ3v) is 3.83. The lowest BCUT2D eigenvalue weighted by atomic mass is 9.98. The van der Waals surface area contributed by atoms with Crippen LogP contribution in [-0.2, 0) is 9.59 Å². The Morgan fingerprint density at radius 3 is 2.78 bits per heavy atom. The van der Waals surface area contributed by atoms with Gasteiger partial charge in [-0.3, -0.25) is 19.8 Å². The SMILES string of the molecule is C=CC1C(/C=C\C)CCN1C1CCC(=O)NC1=O. The molecule has 98 valence electrons. The Labute approximate surface area is 108 Å². The van der Waals surface area contributed by atoms with Crippen LogP contribution in [0.15, 0.2) is 24.8 Å². The van der Waals surface area contributed by atoms with Crippen LogP contribution in [-0.4, -0.2) is 35.3 Å². The highest BCUT2D eigenvalue weighted by Gasteiger charge is 2.40. The van der Waals surface area contributed by atoms with Gasteiger partial charge in [0.15, 0.2) is 0 Å².